The summed E-state index contributed by atoms with van der Waals surface area (Å²) in [6.07, 6.45) is 8.67. The number of ether oxygens (including phenoxy) is 1. The summed E-state index contributed by atoms with van der Waals surface area (Å²) in [6, 6.07) is 6.98. The van der Waals surface area contributed by atoms with Crippen molar-refractivity contribution in [1.82, 2.24) is 19.7 Å². The Bertz CT molecular complexity index is 1330. The van der Waals surface area contributed by atoms with Gasteiger partial charge in [-0.25, -0.2) is 4.98 Å². The van der Waals surface area contributed by atoms with E-state index in [1.807, 2.05) is 19.1 Å². The molecule has 1 atom stereocenters. The predicted octanol–water partition coefficient (Wildman–Crippen LogP) is 5.08. The topological polar surface area (TPSA) is 129 Å². The fourth-order valence-electron chi connectivity index (χ4n) is 4.05. The molecular formula is C25H31Cl2N5O4. The molecule has 194 valence electrons. The largest absolute Gasteiger partial charge is 0.496 e. The summed E-state index contributed by atoms with van der Waals surface area (Å²) in [7, 11) is 1.59. The highest BCUT2D eigenvalue weighted by Gasteiger charge is 2.16. The van der Waals surface area contributed by atoms with Crippen molar-refractivity contribution in [2.24, 2.45) is 5.73 Å². The molecule has 4 aromatic rings. The van der Waals surface area contributed by atoms with E-state index >= 15 is 0 Å². The van der Waals surface area contributed by atoms with Crippen molar-refractivity contribution in [2.75, 3.05) is 7.11 Å². The van der Waals surface area contributed by atoms with Gasteiger partial charge in [0.2, 0.25) is 0 Å². The number of carbonyl (C=O) groups excluding carboxylic acids is 1. The number of nitrogens with two attached hydrogens (primary N) is 1. The number of nitrogens with zero attached hydrogens (tertiary/aromatic N) is 3. The van der Waals surface area contributed by atoms with Crippen LogP contribution in [0.2, 0.25) is 0 Å². The minimum Gasteiger partial charge on any atom is -0.496 e. The Morgan fingerprint density at radius 2 is 2.03 bits per heavy atom. The van der Waals surface area contributed by atoms with Gasteiger partial charge < -0.3 is 24.5 Å². The Labute approximate surface area is 221 Å². The van der Waals surface area contributed by atoms with Crippen LogP contribution in [-0.4, -0.2) is 32.6 Å². The number of unbranched alkanes of at least 4 members (excludes halogenated alkanes) is 2. The molecule has 1 aromatic carbocycles. The Balaban J connectivity index is 0.00000228. The minimum atomic E-state index is -0.247. The maximum atomic E-state index is 12.7. The third-order valence-electron chi connectivity index (χ3n) is 6.02. The molecule has 0 saturated heterocycles. The second-order valence-corrected chi connectivity index (χ2v) is 8.24. The molecule has 1 unspecified atom stereocenters. The van der Waals surface area contributed by atoms with Crippen LogP contribution in [0.3, 0.4) is 0 Å². The number of aromatic amines is 1. The Hall–Kier alpha value is -3.14. The van der Waals surface area contributed by atoms with Gasteiger partial charge in [-0.2, -0.15) is 0 Å². The van der Waals surface area contributed by atoms with Crippen LogP contribution in [0.4, 0.5) is 0 Å². The SMILES string of the molecule is CCn1ccc2cc(-c3cnc(C(N)CCCCCC(=O)c4ccon4)[nH]3)c(OC)cc2c1=O.Cl.Cl. The van der Waals surface area contributed by atoms with Gasteiger partial charge >= 0.3 is 0 Å². The number of aromatic nitrogens is 4. The zero-order valence-electron chi connectivity index (χ0n) is 20.2. The highest BCUT2D eigenvalue weighted by atomic mass is 35.5. The number of H-pyrrole nitrogens is 1. The van der Waals surface area contributed by atoms with Gasteiger partial charge in [0.15, 0.2) is 5.78 Å². The van der Waals surface area contributed by atoms with Crippen LogP contribution in [-0.2, 0) is 6.54 Å². The molecule has 11 heteroatoms. The van der Waals surface area contributed by atoms with Gasteiger partial charge in [0, 0.05) is 30.8 Å². The van der Waals surface area contributed by atoms with E-state index in [2.05, 4.69) is 15.1 Å². The van der Waals surface area contributed by atoms with E-state index in [9.17, 15) is 9.59 Å². The minimum absolute atomic E-state index is 0. The highest BCUT2D eigenvalue weighted by molar-refractivity contribution is 5.93. The molecule has 0 spiro atoms. The molecule has 0 aliphatic carbocycles. The summed E-state index contributed by atoms with van der Waals surface area (Å²) in [5, 5.41) is 5.12. The van der Waals surface area contributed by atoms with E-state index in [4.69, 9.17) is 15.0 Å². The van der Waals surface area contributed by atoms with Gasteiger partial charge in [-0.1, -0.05) is 18.0 Å². The van der Waals surface area contributed by atoms with Crippen molar-refractivity contribution in [2.45, 2.75) is 51.6 Å². The molecule has 0 amide bonds. The van der Waals surface area contributed by atoms with E-state index in [0.717, 1.165) is 42.3 Å². The third-order valence-corrected chi connectivity index (χ3v) is 6.02. The highest BCUT2D eigenvalue weighted by Crippen LogP contribution is 2.33. The molecule has 0 saturated carbocycles. The van der Waals surface area contributed by atoms with E-state index in [1.54, 1.807) is 36.2 Å². The normalized spacial score (nSPS) is 11.5. The Morgan fingerprint density at radius 1 is 1.22 bits per heavy atom. The molecule has 36 heavy (non-hydrogen) atoms. The van der Waals surface area contributed by atoms with Gasteiger partial charge in [0.1, 0.15) is 23.5 Å². The Kier molecular flexibility index (Phi) is 10.7. The summed E-state index contributed by atoms with van der Waals surface area (Å²) in [5.41, 5.74) is 8.29. The average molecular weight is 536 g/mol. The number of fused-ring (bicyclic) bond motifs is 1. The van der Waals surface area contributed by atoms with Gasteiger partial charge in [0.25, 0.3) is 5.56 Å². The lowest BCUT2D eigenvalue weighted by molar-refractivity contribution is 0.0970. The summed E-state index contributed by atoms with van der Waals surface area (Å²) in [4.78, 5) is 32.4. The maximum absolute atomic E-state index is 12.7. The lowest BCUT2D eigenvalue weighted by Gasteiger charge is -2.11. The van der Waals surface area contributed by atoms with Gasteiger partial charge in [0.05, 0.1) is 30.4 Å². The number of Topliss-reactive ketones (excluding diaryl/α,β-unsaturated/α-hetero) is 1. The molecule has 0 aliphatic heterocycles. The first-order chi connectivity index (χ1) is 16.5. The van der Waals surface area contributed by atoms with Crippen LogP contribution in [0.1, 0.15) is 61.4 Å². The average Bonchev–Trinajstić information content (AvgIpc) is 3.56. The zero-order chi connectivity index (χ0) is 24.1. The molecule has 3 N–H and O–H groups in total. The number of rotatable bonds is 11. The van der Waals surface area contributed by atoms with Crippen molar-refractivity contribution in [3.63, 3.8) is 0 Å². The monoisotopic (exact) mass is 535 g/mol. The van der Waals surface area contributed by atoms with Crippen molar-refractivity contribution in [1.29, 1.82) is 0 Å². The molecule has 4 rings (SSSR count). The summed E-state index contributed by atoms with van der Waals surface area (Å²) in [6.45, 7) is 2.55. The lowest BCUT2D eigenvalue weighted by atomic mass is 10.0. The predicted molar refractivity (Wildman–Crippen MR) is 143 cm³/mol. The number of ketones is 1. The molecule has 0 bridgehead atoms. The number of hydrogen-bond acceptors (Lipinski definition) is 7. The number of imidazole rings is 1. The summed E-state index contributed by atoms with van der Waals surface area (Å²) in [5.74, 6) is 1.28. The molecule has 3 heterocycles. The molecule has 0 radical (unpaired) electrons. The number of benzene rings is 1. The third kappa shape index (κ3) is 6.34. The number of halogens is 2. The van der Waals surface area contributed by atoms with Gasteiger partial charge in [-0.05, 0) is 43.4 Å². The van der Waals surface area contributed by atoms with Gasteiger partial charge in [-0.15, -0.1) is 24.8 Å². The second-order valence-electron chi connectivity index (χ2n) is 8.24. The van der Waals surface area contributed by atoms with E-state index in [0.29, 0.717) is 35.6 Å². The fourth-order valence-corrected chi connectivity index (χ4v) is 4.05. The van der Waals surface area contributed by atoms with Crippen molar-refractivity contribution in [3.05, 3.63) is 64.8 Å². The van der Waals surface area contributed by atoms with Crippen molar-refractivity contribution >= 4 is 41.4 Å². The first-order valence-corrected chi connectivity index (χ1v) is 11.5. The number of aryl methyl sites for hydroxylation is 1. The van der Waals surface area contributed by atoms with Crippen LogP contribution in [0.25, 0.3) is 22.0 Å². The van der Waals surface area contributed by atoms with Crippen molar-refractivity contribution < 1.29 is 14.1 Å². The van der Waals surface area contributed by atoms with Crippen LogP contribution >= 0.6 is 24.8 Å². The molecular weight excluding hydrogens is 505 g/mol. The summed E-state index contributed by atoms with van der Waals surface area (Å²) >= 11 is 0. The number of nitrogens with one attached hydrogen (secondary N) is 1. The van der Waals surface area contributed by atoms with Crippen LogP contribution in [0, 0.1) is 0 Å². The standard InChI is InChI=1S/C25H29N5O4.2ClH/c1-3-30-11-9-16-13-18(23(33-2)14-17(16)25(30)32)21-15-27-24(28-21)19(26)7-5-4-6-8-22(31)20-10-12-34-29-20;;/h9-15,19H,3-8,26H2,1-2H3,(H,27,28);2*1H. The van der Waals surface area contributed by atoms with Crippen molar-refractivity contribution in [3.8, 4) is 17.0 Å². The van der Waals surface area contributed by atoms with Gasteiger partial charge in [-0.3, -0.25) is 9.59 Å². The second kappa shape index (κ2) is 13.2. The fraction of sp³-hybridized carbons (Fsp3) is 0.360. The van der Waals surface area contributed by atoms with E-state index in [1.165, 1.54) is 6.26 Å². The smallest absolute Gasteiger partial charge is 0.258 e. The van der Waals surface area contributed by atoms with E-state index in [-0.39, 0.29) is 42.2 Å². The van der Waals surface area contributed by atoms with Crippen LogP contribution in [0.5, 0.6) is 5.75 Å². The number of carbonyl (C=O) groups is 1. The zero-order valence-corrected chi connectivity index (χ0v) is 21.9. The number of hydrogen-bond donors (Lipinski definition) is 2. The Morgan fingerprint density at radius 3 is 2.72 bits per heavy atom. The first kappa shape index (κ1) is 29.1. The van der Waals surface area contributed by atoms with Crippen LogP contribution < -0.4 is 16.0 Å². The molecule has 0 aliphatic rings. The molecule has 3 aromatic heterocycles. The summed E-state index contributed by atoms with van der Waals surface area (Å²) < 4.78 is 12.0. The first-order valence-electron chi connectivity index (χ1n) is 11.5. The maximum Gasteiger partial charge on any atom is 0.258 e. The van der Waals surface area contributed by atoms with E-state index < -0.39 is 0 Å². The number of pyridine rings is 1. The lowest BCUT2D eigenvalue weighted by Crippen LogP contribution is -2.18. The molecule has 0 fully saturated rings. The molecule has 9 nitrogen and oxygen atoms in total. The van der Waals surface area contributed by atoms with Crippen LogP contribution in [0.15, 0.2) is 52.2 Å². The quantitative estimate of drug-likeness (QED) is 0.202. The number of methoxy groups -OCH3 is 1.